The molecule has 104 valence electrons. The van der Waals surface area contributed by atoms with E-state index in [9.17, 15) is 8.42 Å². The summed E-state index contributed by atoms with van der Waals surface area (Å²) >= 11 is 0. The lowest BCUT2D eigenvalue weighted by atomic mass is 10.1. The first-order chi connectivity index (χ1) is 8.80. The van der Waals surface area contributed by atoms with E-state index in [1.165, 1.54) is 6.34 Å². The predicted octanol–water partition coefficient (Wildman–Crippen LogP) is 1.61. The van der Waals surface area contributed by atoms with Crippen molar-refractivity contribution in [3.63, 3.8) is 0 Å². The monoisotopic (exact) mass is 281 g/mol. The third-order valence-corrected chi connectivity index (χ3v) is 4.06. The minimum atomic E-state index is -3.52. The van der Waals surface area contributed by atoms with E-state index in [0.717, 1.165) is 6.54 Å². The van der Waals surface area contributed by atoms with Crippen LogP contribution < -0.4 is 10.2 Å². The maximum Gasteiger partial charge on any atom is 0.285 e. The maximum atomic E-state index is 11.8. The standard InChI is InChI=1S/C13H19N3O2S/c1-13(2,3)14-8-9-16-10-15-19(17,18)12-7-5-4-6-11(12)16/h4-7,10,14H,8-9H2,1-3H3. The van der Waals surface area contributed by atoms with Gasteiger partial charge in [0.1, 0.15) is 11.2 Å². The van der Waals surface area contributed by atoms with E-state index < -0.39 is 10.0 Å². The zero-order chi connectivity index (χ0) is 14.1. The lowest BCUT2D eigenvalue weighted by Crippen LogP contribution is -2.42. The van der Waals surface area contributed by atoms with Crippen LogP contribution in [0.15, 0.2) is 33.6 Å². The van der Waals surface area contributed by atoms with Crippen LogP contribution in [-0.2, 0) is 10.0 Å². The SMILES string of the molecule is CC(C)(C)NCCN1C=NS(=O)(=O)c2ccccc21. The lowest BCUT2D eigenvalue weighted by Gasteiger charge is -2.27. The molecule has 1 aliphatic heterocycles. The first kappa shape index (κ1) is 14.0. The highest BCUT2D eigenvalue weighted by molar-refractivity contribution is 7.90. The fourth-order valence-electron chi connectivity index (χ4n) is 1.88. The van der Waals surface area contributed by atoms with Gasteiger partial charge in [0.2, 0.25) is 0 Å². The molecule has 0 bridgehead atoms. The number of nitrogens with one attached hydrogen (secondary N) is 1. The Hall–Kier alpha value is -1.40. The molecular formula is C13H19N3O2S. The molecule has 0 saturated heterocycles. The number of hydrogen-bond donors (Lipinski definition) is 1. The first-order valence-corrected chi connectivity index (χ1v) is 7.65. The average Bonchev–Trinajstić information content (AvgIpc) is 2.31. The van der Waals surface area contributed by atoms with Crippen LogP contribution in [0.4, 0.5) is 5.69 Å². The minimum absolute atomic E-state index is 0.0402. The second kappa shape index (κ2) is 4.94. The summed E-state index contributed by atoms with van der Waals surface area (Å²) in [5.74, 6) is 0. The van der Waals surface area contributed by atoms with Crippen molar-refractivity contribution in [2.24, 2.45) is 4.40 Å². The van der Waals surface area contributed by atoms with E-state index >= 15 is 0 Å². The lowest BCUT2D eigenvalue weighted by molar-refractivity contribution is 0.432. The molecule has 0 unspecified atom stereocenters. The van der Waals surface area contributed by atoms with Crippen molar-refractivity contribution in [2.45, 2.75) is 31.2 Å². The third kappa shape index (κ3) is 3.33. The molecule has 1 N–H and O–H groups in total. The molecule has 1 aromatic rings. The van der Waals surface area contributed by atoms with Crippen LogP contribution in [0, 0.1) is 0 Å². The Morgan fingerprint density at radius 1 is 1.26 bits per heavy atom. The molecule has 0 aromatic heterocycles. The van der Waals surface area contributed by atoms with E-state index in [1.807, 2.05) is 11.0 Å². The van der Waals surface area contributed by atoms with Crippen molar-refractivity contribution >= 4 is 22.0 Å². The van der Waals surface area contributed by atoms with Crippen LogP contribution in [0.1, 0.15) is 20.8 Å². The van der Waals surface area contributed by atoms with Crippen molar-refractivity contribution in [3.8, 4) is 0 Å². The van der Waals surface area contributed by atoms with Gasteiger partial charge >= 0.3 is 0 Å². The first-order valence-electron chi connectivity index (χ1n) is 6.21. The maximum absolute atomic E-state index is 11.8. The Bertz CT molecular complexity index is 588. The summed E-state index contributed by atoms with van der Waals surface area (Å²) < 4.78 is 27.3. The van der Waals surface area contributed by atoms with Gasteiger partial charge in [0, 0.05) is 18.6 Å². The van der Waals surface area contributed by atoms with E-state index in [-0.39, 0.29) is 10.4 Å². The van der Waals surface area contributed by atoms with Gasteiger partial charge in [-0.05, 0) is 32.9 Å². The van der Waals surface area contributed by atoms with Crippen molar-refractivity contribution in [1.29, 1.82) is 0 Å². The zero-order valence-corrected chi connectivity index (χ0v) is 12.2. The highest BCUT2D eigenvalue weighted by Gasteiger charge is 2.24. The number of rotatable bonds is 3. The van der Waals surface area contributed by atoms with E-state index in [1.54, 1.807) is 18.2 Å². The van der Waals surface area contributed by atoms with Crippen LogP contribution >= 0.6 is 0 Å². The quantitative estimate of drug-likeness (QED) is 0.914. The summed E-state index contributed by atoms with van der Waals surface area (Å²) in [6.07, 6.45) is 1.39. The van der Waals surface area contributed by atoms with Crippen LogP contribution in [0.25, 0.3) is 0 Å². The molecule has 5 nitrogen and oxygen atoms in total. The molecule has 1 heterocycles. The number of nitrogens with zero attached hydrogens (tertiary/aromatic N) is 2. The summed E-state index contributed by atoms with van der Waals surface area (Å²) in [6.45, 7) is 7.71. The highest BCUT2D eigenvalue weighted by Crippen LogP contribution is 2.28. The molecule has 0 spiro atoms. The van der Waals surface area contributed by atoms with Crippen molar-refractivity contribution < 1.29 is 8.42 Å². The molecule has 1 aliphatic rings. The molecule has 1 aromatic carbocycles. The smallest absolute Gasteiger partial charge is 0.285 e. The van der Waals surface area contributed by atoms with Crippen molar-refractivity contribution in [3.05, 3.63) is 24.3 Å². The van der Waals surface area contributed by atoms with E-state index in [2.05, 4.69) is 30.5 Å². The van der Waals surface area contributed by atoms with E-state index in [4.69, 9.17) is 0 Å². The van der Waals surface area contributed by atoms with Crippen molar-refractivity contribution in [1.82, 2.24) is 5.32 Å². The molecule has 0 fully saturated rings. The Morgan fingerprint density at radius 2 is 1.95 bits per heavy atom. The van der Waals surface area contributed by atoms with Gasteiger partial charge in [0.15, 0.2) is 0 Å². The second-order valence-electron chi connectivity index (χ2n) is 5.53. The number of fused-ring (bicyclic) bond motifs is 1. The fourth-order valence-corrected chi connectivity index (χ4v) is 2.93. The number of sulfonamides is 1. The highest BCUT2D eigenvalue weighted by atomic mass is 32.2. The van der Waals surface area contributed by atoms with Gasteiger partial charge < -0.3 is 10.2 Å². The zero-order valence-electron chi connectivity index (χ0n) is 11.4. The predicted molar refractivity (Wildman–Crippen MR) is 77.2 cm³/mol. The van der Waals surface area contributed by atoms with Gasteiger partial charge in [-0.15, -0.1) is 4.40 Å². The van der Waals surface area contributed by atoms with Crippen LogP contribution in [0.3, 0.4) is 0 Å². The van der Waals surface area contributed by atoms with E-state index in [0.29, 0.717) is 12.2 Å². The van der Waals surface area contributed by atoms with Gasteiger partial charge in [-0.3, -0.25) is 0 Å². The van der Waals surface area contributed by atoms with Crippen LogP contribution in [0.2, 0.25) is 0 Å². The number of anilines is 1. The molecule has 0 aliphatic carbocycles. The van der Waals surface area contributed by atoms with Gasteiger partial charge in [0.05, 0.1) is 5.69 Å². The number of benzene rings is 1. The number of hydrogen-bond acceptors (Lipinski definition) is 4. The minimum Gasteiger partial charge on any atom is -0.329 e. The molecule has 0 radical (unpaired) electrons. The topological polar surface area (TPSA) is 61.8 Å². The molecule has 6 heteroatoms. The Morgan fingerprint density at radius 3 is 2.63 bits per heavy atom. The van der Waals surface area contributed by atoms with Gasteiger partial charge in [0.25, 0.3) is 10.0 Å². The average molecular weight is 281 g/mol. The van der Waals surface area contributed by atoms with Gasteiger partial charge in [-0.1, -0.05) is 12.1 Å². The summed E-state index contributed by atoms with van der Waals surface area (Å²) in [4.78, 5) is 2.13. The second-order valence-corrected chi connectivity index (χ2v) is 7.13. The Labute approximate surface area is 114 Å². The molecule has 0 atom stereocenters. The number of para-hydroxylation sites is 1. The molecule has 0 saturated carbocycles. The summed E-state index contributed by atoms with van der Waals surface area (Å²) in [5.41, 5.74) is 0.728. The Balaban J connectivity index is 2.16. The molecule has 2 rings (SSSR count). The van der Waals surface area contributed by atoms with Gasteiger partial charge in [-0.2, -0.15) is 8.42 Å². The van der Waals surface area contributed by atoms with Gasteiger partial charge in [-0.25, -0.2) is 0 Å². The molecular weight excluding hydrogens is 262 g/mol. The normalized spacial score (nSPS) is 17.3. The molecule has 19 heavy (non-hydrogen) atoms. The Kier molecular flexibility index (Phi) is 3.64. The van der Waals surface area contributed by atoms with Crippen LogP contribution in [-0.4, -0.2) is 33.4 Å². The molecule has 0 amide bonds. The summed E-state index contributed by atoms with van der Waals surface area (Å²) in [6, 6.07) is 6.93. The third-order valence-electron chi connectivity index (χ3n) is 2.79. The fraction of sp³-hybridized carbons (Fsp3) is 0.462. The largest absolute Gasteiger partial charge is 0.329 e. The summed E-state index contributed by atoms with van der Waals surface area (Å²) in [7, 11) is -3.52. The summed E-state index contributed by atoms with van der Waals surface area (Å²) in [5, 5.41) is 3.37. The van der Waals surface area contributed by atoms with Crippen molar-refractivity contribution in [2.75, 3.05) is 18.0 Å². The van der Waals surface area contributed by atoms with Crippen LogP contribution in [0.5, 0.6) is 0 Å².